The number of Topliss-reactive ketones (excluding diaryl/α,β-unsaturated/α-hetero) is 1. The van der Waals surface area contributed by atoms with E-state index < -0.39 is 0 Å². The Hall–Kier alpha value is -3.06. The number of hydrogen-bond acceptors (Lipinski definition) is 4. The first-order valence-electron chi connectivity index (χ1n) is 14.4. The van der Waals surface area contributed by atoms with Crippen molar-refractivity contribution in [2.45, 2.75) is 39.0 Å². The lowest BCUT2D eigenvalue weighted by Crippen LogP contribution is -2.48. The molecule has 0 saturated carbocycles. The lowest BCUT2D eigenvalue weighted by atomic mass is 9.89. The van der Waals surface area contributed by atoms with Crippen LogP contribution in [0.2, 0.25) is 10.0 Å². The van der Waals surface area contributed by atoms with Crippen LogP contribution in [0.15, 0.2) is 60.7 Å². The summed E-state index contributed by atoms with van der Waals surface area (Å²) < 4.78 is 0. The van der Waals surface area contributed by atoms with Crippen molar-refractivity contribution >= 4 is 46.4 Å². The fraction of sp³-hybridized carbons (Fsp3) is 0.394. The molecule has 2 saturated heterocycles. The number of aryl methyl sites for hydroxylation is 2. The number of piperidine rings is 1. The molecule has 6 nitrogen and oxygen atoms in total. The average Bonchev–Trinajstić information content (AvgIpc) is 2.95. The van der Waals surface area contributed by atoms with E-state index in [2.05, 4.69) is 71.4 Å². The highest BCUT2D eigenvalue weighted by atomic mass is 35.5. The first-order chi connectivity index (χ1) is 19.7. The van der Waals surface area contributed by atoms with Crippen molar-refractivity contribution in [3.8, 4) is 0 Å². The quantitative estimate of drug-likeness (QED) is 0.322. The second-order valence-electron chi connectivity index (χ2n) is 11.4. The Balaban J connectivity index is 1.06. The third-order valence-electron chi connectivity index (χ3n) is 8.17. The van der Waals surface area contributed by atoms with E-state index in [0.29, 0.717) is 47.7 Å². The van der Waals surface area contributed by atoms with Crippen LogP contribution in [0.3, 0.4) is 0 Å². The van der Waals surface area contributed by atoms with E-state index in [1.807, 2.05) is 4.90 Å². The first-order valence-corrected chi connectivity index (χ1v) is 15.2. The zero-order valence-electron chi connectivity index (χ0n) is 23.8. The summed E-state index contributed by atoms with van der Waals surface area (Å²) in [6.07, 6.45) is 2.23. The summed E-state index contributed by atoms with van der Waals surface area (Å²) in [6, 6.07) is 20.2. The van der Waals surface area contributed by atoms with Gasteiger partial charge in [-0.1, -0.05) is 59.6 Å². The highest BCUT2D eigenvalue weighted by Crippen LogP contribution is 2.32. The van der Waals surface area contributed by atoms with E-state index >= 15 is 0 Å². The number of hydrogen-bond donors (Lipinski definition) is 1. The molecule has 2 aliphatic rings. The van der Waals surface area contributed by atoms with Gasteiger partial charge in [0.05, 0.1) is 22.3 Å². The molecule has 0 atom stereocenters. The summed E-state index contributed by atoms with van der Waals surface area (Å²) in [5, 5.41) is 3.71. The van der Waals surface area contributed by atoms with Gasteiger partial charge in [0.25, 0.3) is 0 Å². The van der Waals surface area contributed by atoms with Gasteiger partial charge in [-0.15, -0.1) is 0 Å². The Morgan fingerprint density at radius 3 is 2.05 bits per heavy atom. The number of likely N-dealkylation sites (tertiary alicyclic amines) is 1. The summed E-state index contributed by atoms with van der Waals surface area (Å²) in [7, 11) is 0. The second-order valence-corrected chi connectivity index (χ2v) is 12.2. The molecule has 0 bridgehead atoms. The maximum absolute atomic E-state index is 12.9. The fourth-order valence-electron chi connectivity index (χ4n) is 5.96. The van der Waals surface area contributed by atoms with Crippen LogP contribution >= 0.6 is 23.2 Å². The van der Waals surface area contributed by atoms with E-state index in [9.17, 15) is 9.59 Å². The second kappa shape index (κ2) is 13.3. The third-order valence-corrected chi connectivity index (χ3v) is 8.80. The Kier molecular flexibility index (Phi) is 9.53. The van der Waals surface area contributed by atoms with Crippen LogP contribution in [0.1, 0.15) is 41.0 Å². The number of piperazine rings is 1. The summed E-state index contributed by atoms with van der Waals surface area (Å²) in [5.41, 5.74) is 6.63. The van der Waals surface area contributed by atoms with Crippen molar-refractivity contribution in [2.75, 3.05) is 56.0 Å². The smallest absolute Gasteiger partial charge is 0.321 e. The van der Waals surface area contributed by atoms with E-state index in [-0.39, 0.29) is 11.8 Å². The molecule has 3 aromatic rings. The molecular formula is C33H38Cl2N4O2. The fourth-order valence-corrected chi connectivity index (χ4v) is 6.45. The predicted octanol–water partition coefficient (Wildman–Crippen LogP) is 6.96. The highest BCUT2D eigenvalue weighted by Gasteiger charge is 2.25. The molecule has 0 spiro atoms. The van der Waals surface area contributed by atoms with Crippen molar-refractivity contribution in [3.05, 3.63) is 93.0 Å². The normalized spacial score (nSPS) is 16.6. The topological polar surface area (TPSA) is 55.9 Å². The van der Waals surface area contributed by atoms with Crippen LogP contribution in [0.4, 0.5) is 16.2 Å². The number of carbonyl (C=O) groups excluding carboxylic acids is 2. The predicted molar refractivity (Wildman–Crippen MR) is 169 cm³/mol. The molecule has 2 aliphatic heterocycles. The SMILES string of the molecule is Cc1cc(C)cc(N2CCN(CC(=O)Cc3ccc(C4CCN(C(=O)Nc5c(Cl)cccc5Cl)CC4)cc3)CC2)c1. The van der Waals surface area contributed by atoms with Gasteiger partial charge in [0.1, 0.15) is 0 Å². The van der Waals surface area contributed by atoms with Gasteiger partial charge in [0.15, 0.2) is 5.78 Å². The Morgan fingerprint density at radius 2 is 1.44 bits per heavy atom. The standard InChI is InChI=1S/C33H38Cl2N4O2/c1-23-18-24(2)20-28(19-23)38-16-14-37(15-17-38)22-29(40)21-25-6-8-26(9-7-25)27-10-12-39(13-11-27)33(41)36-32-30(34)4-3-5-31(32)35/h3-9,18-20,27H,10-17,21-22H2,1-2H3,(H,36,41). The molecule has 0 aromatic heterocycles. The van der Waals surface area contributed by atoms with E-state index in [1.165, 1.54) is 22.4 Å². The molecule has 2 fully saturated rings. The molecule has 2 heterocycles. The lowest BCUT2D eigenvalue weighted by Gasteiger charge is -2.36. The van der Waals surface area contributed by atoms with Gasteiger partial charge in [0.2, 0.25) is 0 Å². The molecule has 3 aromatic carbocycles. The number of nitrogens with zero attached hydrogens (tertiary/aromatic N) is 3. The van der Waals surface area contributed by atoms with Crippen molar-refractivity contribution in [1.82, 2.24) is 9.80 Å². The number of ketones is 1. The van der Waals surface area contributed by atoms with Crippen molar-refractivity contribution in [3.63, 3.8) is 0 Å². The molecule has 0 unspecified atom stereocenters. The Labute approximate surface area is 253 Å². The van der Waals surface area contributed by atoms with Gasteiger partial charge in [-0.25, -0.2) is 4.79 Å². The van der Waals surface area contributed by atoms with Crippen LogP contribution in [-0.2, 0) is 11.2 Å². The number of benzene rings is 3. The number of rotatable bonds is 7. The molecule has 8 heteroatoms. The lowest BCUT2D eigenvalue weighted by molar-refractivity contribution is -0.119. The Morgan fingerprint density at radius 1 is 0.829 bits per heavy atom. The molecule has 216 valence electrons. The van der Waals surface area contributed by atoms with Crippen molar-refractivity contribution in [2.24, 2.45) is 0 Å². The third kappa shape index (κ3) is 7.62. The molecule has 0 radical (unpaired) electrons. The van der Waals surface area contributed by atoms with Gasteiger partial charge >= 0.3 is 6.03 Å². The van der Waals surface area contributed by atoms with Crippen LogP contribution in [0.5, 0.6) is 0 Å². The molecule has 2 amide bonds. The van der Waals surface area contributed by atoms with Gasteiger partial charge in [-0.05, 0) is 79.1 Å². The van der Waals surface area contributed by atoms with Gasteiger partial charge < -0.3 is 15.1 Å². The number of anilines is 2. The number of nitrogens with one attached hydrogen (secondary N) is 1. The highest BCUT2D eigenvalue weighted by molar-refractivity contribution is 6.39. The number of para-hydroxylation sites is 1. The minimum absolute atomic E-state index is 0.181. The van der Waals surface area contributed by atoms with Crippen molar-refractivity contribution < 1.29 is 9.59 Å². The molecule has 41 heavy (non-hydrogen) atoms. The summed E-state index contributed by atoms with van der Waals surface area (Å²) in [5.74, 6) is 0.650. The molecule has 1 N–H and O–H groups in total. The molecule has 5 rings (SSSR count). The van der Waals surface area contributed by atoms with Crippen LogP contribution in [0.25, 0.3) is 0 Å². The maximum atomic E-state index is 12.9. The summed E-state index contributed by atoms with van der Waals surface area (Å²) in [4.78, 5) is 32.1. The number of urea groups is 1. The maximum Gasteiger partial charge on any atom is 0.321 e. The van der Waals surface area contributed by atoms with Crippen LogP contribution < -0.4 is 10.2 Å². The largest absolute Gasteiger partial charge is 0.369 e. The zero-order valence-corrected chi connectivity index (χ0v) is 25.3. The number of carbonyl (C=O) groups is 2. The Bertz CT molecular complexity index is 1340. The van der Waals surface area contributed by atoms with Crippen molar-refractivity contribution in [1.29, 1.82) is 0 Å². The molecular weight excluding hydrogens is 555 g/mol. The molecule has 0 aliphatic carbocycles. The summed E-state index contributed by atoms with van der Waals surface area (Å²) >= 11 is 12.4. The van der Waals surface area contributed by atoms with Gasteiger partial charge in [-0.3, -0.25) is 9.69 Å². The monoisotopic (exact) mass is 592 g/mol. The summed E-state index contributed by atoms with van der Waals surface area (Å²) in [6.45, 7) is 9.80. The van der Waals surface area contributed by atoms with Crippen LogP contribution in [0, 0.1) is 13.8 Å². The minimum Gasteiger partial charge on any atom is -0.369 e. The van der Waals surface area contributed by atoms with Crippen LogP contribution in [-0.4, -0.2) is 67.4 Å². The number of amides is 2. The number of halogens is 2. The van der Waals surface area contributed by atoms with E-state index in [1.54, 1.807) is 18.2 Å². The van der Waals surface area contributed by atoms with E-state index in [0.717, 1.165) is 44.6 Å². The zero-order chi connectivity index (χ0) is 28.9. The van der Waals surface area contributed by atoms with Gasteiger partial charge in [-0.2, -0.15) is 0 Å². The average molecular weight is 594 g/mol. The van der Waals surface area contributed by atoms with E-state index in [4.69, 9.17) is 23.2 Å². The first kappa shape index (κ1) is 29.4. The minimum atomic E-state index is -0.181. The van der Waals surface area contributed by atoms with Gasteiger partial charge in [0, 0.05) is 51.4 Å².